The van der Waals surface area contributed by atoms with Gasteiger partial charge in [0.1, 0.15) is 5.82 Å². The fraction of sp³-hybridized carbons (Fsp3) is 0.176. The molecular formula is C17H15N3O3. The molecule has 2 aromatic rings. The predicted octanol–water partition coefficient (Wildman–Crippen LogP) is 2.30. The van der Waals surface area contributed by atoms with Gasteiger partial charge in [-0.25, -0.2) is 4.98 Å². The van der Waals surface area contributed by atoms with Gasteiger partial charge in [-0.15, -0.1) is 0 Å². The molecule has 1 aromatic carbocycles. The van der Waals surface area contributed by atoms with Crippen molar-refractivity contribution in [2.45, 2.75) is 19.8 Å². The van der Waals surface area contributed by atoms with Crippen LogP contribution < -0.4 is 10.2 Å². The Hall–Kier alpha value is -3.02. The van der Waals surface area contributed by atoms with E-state index in [4.69, 9.17) is 0 Å². The van der Waals surface area contributed by atoms with Gasteiger partial charge in [0.05, 0.1) is 5.69 Å². The maximum absolute atomic E-state index is 12.2. The summed E-state index contributed by atoms with van der Waals surface area (Å²) in [6, 6.07) is 10.0. The van der Waals surface area contributed by atoms with E-state index >= 15 is 0 Å². The molecule has 1 N–H and O–H groups in total. The topological polar surface area (TPSA) is 79.4 Å². The predicted molar refractivity (Wildman–Crippen MR) is 85.1 cm³/mol. The Labute approximate surface area is 133 Å². The van der Waals surface area contributed by atoms with E-state index in [9.17, 15) is 14.4 Å². The van der Waals surface area contributed by atoms with Crippen LogP contribution in [0.25, 0.3) is 0 Å². The van der Waals surface area contributed by atoms with Gasteiger partial charge in [0.25, 0.3) is 5.91 Å². The second-order valence-corrected chi connectivity index (χ2v) is 5.29. The summed E-state index contributed by atoms with van der Waals surface area (Å²) in [6.45, 7) is 1.86. The lowest BCUT2D eigenvalue weighted by atomic mass is 10.1. The first-order valence-electron chi connectivity index (χ1n) is 7.25. The van der Waals surface area contributed by atoms with Crippen LogP contribution in [-0.2, 0) is 9.59 Å². The lowest BCUT2D eigenvalue weighted by Crippen LogP contribution is -2.28. The van der Waals surface area contributed by atoms with E-state index < -0.39 is 0 Å². The van der Waals surface area contributed by atoms with Crippen LogP contribution in [0.1, 0.15) is 28.8 Å². The van der Waals surface area contributed by atoms with E-state index in [0.717, 1.165) is 10.5 Å². The second-order valence-electron chi connectivity index (χ2n) is 5.29. The van der Waals surface area contributed by atoms with Crippen LogP contribution in [-0.4, -0.2) is 22.7 Å². The Bertz CT molecular complexity index is 768. The van der Waals surface area contributed by atoms with E-state index in [1.165, 1.54) is 0 Å². The largest absolute Gasteiger partial charge is 0.306 e. The number of aromatic nitrogens is 1. The van der Waals surface area contributed by atoms with Gasteiger partial charge in [-0.1, -0.05) is 6.07 Å². The summed E-state index contributed by atoms with van der Waals surface area (Å²) in [4.78, 5) is 40.9. The average molecular weight is 309 g/mol. The maximum Gasteiger partial charge on any atom is 0.256 e. The molecule has 116 valence electrons. The highest BCUT2D eigenvalue weighted by Gasteiger charge is 2.30. The third-order valence-electron chi connectivity index (χ3n) is 3.68. The SMILES string of the molecule is Cc1cccnc1NC(=O)c1ccc(N2C(=O)CCC2=O)cc1. The van der Waals surface area contributed by atoms with Crippen molar-refractivity contribution >= 4 is 29.2 Å². The molecule has 0 radical (unpaired) electrons. The zero-order chi connectivity index (χ0) is 16.4. The van der Waals surface area contributed by atoms with Crippen molar-refractivity contribution in [3.8, 4) is 0 Å². The molecule has 1 fully saturated rings. The van der Waals surface area contributed by atoms with Crippen molar-refractivity contribution in [1.29, 1.82) is 0 Å². The minimum atomic E-state index is -0.294. The highest BCUT2D eigenvalue weighted by molar-refractivity contribution is 6.20. The zero-order valence-corrected chi connectivity index (χ0v) is 12.6. The Balaban J connectivity index is 1.77. The number of carbonyl (C=O) groups is 3. The molecule has 0 bridgehead atoms. The van der Waals surface area contributed by atoms with Gasteiger partial charge in [-0.05, 0) is 42.8 Å². The summed E-state index contributed by atoms with van der Waals surface area (Å²) in [5.41, 5.74) is 1.78. The Kier molecular flexibility index (Phi) is 3.89. The molecule has 0 saturated carbocycles. The molecular weight excluding hydrogens is 294 g/mol. The van der Waals surface area contributed by atoms with Gasteiger partial charge in [-0.2, -0.15) is 0 Å². The number of carbonyl (C=O) groups excluding carboxylic acids is 3. The number of aryl methyl sites for hydroxylation is 1. The molecule has 1 saturated heterocycles. The van der Waals surface area contributed by atoms with Gasteiger partial charge in [0.2, 0.25) is 11.8 Å². The quantitative estimate of drug-likeness (QED) is 0.882. The fourth-order valence-corrected chi connectivity index (χ4v) is 2.42. The van der Waals surface area contributed by atoms with E-state index in [1.54, 1.807) is 36.5 Å². The molecule has 0 atom stereocenters. The summed E-state index contributed by atoms with van der Waals surface area (Å²) in [7, 11) is 0. The normalized spacial score (nSPS) is 14.2. The molecule has 0 aliphatic carbocycles. The van der Waals surface area contributed by atoms with Crippen molar-refractivity contribution in [2.75, 3.05) is 10.2 Å². The van der Waals surface area contributed by atoms with E-state index in [-0.39, 0.29) is 30.6 Å². The molecule has 1 aliphatic rings. The highest BCUT2D eigenvalue weighted by Crippen LogP contribution is 2.23. The summed E-state index contributed by atoms with van der Waals surface area (Å²) >= 11 is 0. The van der Waals surface area contributed by atoms with Gasteiger partial charge in [-0.3, -0.25) is 19.3 Å². The van der Waals surface area contributed by atoms with Crippen molar-refractivity contribution < 1.29 is 14.4 Å². The molecule has 1 aromatic heterocycles. The second kappa shape index (κ2) is 6.00. The molecule has 0 spiro atoms. The first kappa shape index (κ1) is 14.9. The smallest absolute Gasteiger partial charge is 0.256 e. The van der Waals surface area contributed by atoms with Crippen molar-refractivity contribution in [1.82, 2.24) is 4.98 Å². The van der Waals surface area contributed by atoms with Crippen LogP contribution in [0.4, 0.5) is 11.5 Å². The number of imide groups is 1. The molecule has 3 amide bonds. The average Bonchev–Trinajstić information content (AvgIpc) is 2.88. The van der Waals surface area contributed by atoms with Crippen LogP contribution >= 0.6 is 0 Å². The fourth-order valence-electron chi connectivity index (χ4n) is 2.42. The van der Waals surface area contributed by atoms with Gasteiger partial charge in [0, 0.05) is 24.6 Å². The van der Waals surface area contributed by atoms with Gasteiger partial charge in [0.15, 0.2) is 0 Å². The summed E-state index contributed by atoms with van der Waals surface area (Å²) in [6.07, 6.45) is 2.08. The maximum atomic E-state index is 12.2. The molecule has 0 unspecified atom stereocenters. The van der Waals surface area contributed by atoms with Crippen LogP contribution in [0.5, 0.6) is 0 Å². The van der Waals surface area contributed by atoms with Crippen LogP contribution in [0.2, 0.25) is 0 Å². The minimum absolute atomic E-state index is 0.212. The molecule has 6 nitrogen and oxygen atoms in total. The van der Waals surface area contributed by atoms with E-state index in [0.29, 0.717) is 17.1 Å². The third kappa shape index (κ3) is 2.96. The number of anilines is 2. The van der Waals surface area contributed by atoms with Gasteiger partial charge < -0.3 is 5.32 Å². The van der Waals surface area contributed by atoms with Crippen LogP contribution in [0.15, 0.2) is 42.6 Å². The lowest BCUT2D eigenvalue weighted by molar-refractivity contribution is -0.121. The standard InChI is InChI=1S/C17H15N3O3/c1-11-3-2-10-18-16(11)19-17(23)12-4-6-13(7-5-12)20-14(21)8-9-15(20)22/h2-7,10H,8-9H2,1H3,(H,18,19,23). The lowest BCUT2D eigenvalue weighted by Gasteiger charge is -2.14. The highest BCUT2D eigenvalue weighted by atomic mass is 16.2. The van der Waals surface area contributed by atoms with Crippen molar-refractivity contribution in [3.05, 3.63) is 53.7 Å². The minimum Gasteiger partial charge on any atom is -0.306 e. The molecule has 3 rings (SSSR count). The monoisotopic (exact) mass is 309 g/mol. The van der Waals surface area contributed by atoms with E-state index in [2.05, 4.69) is 10.3 Å². The first-order chi connectivity index (χ1) is 11.1. The molecule has 6 heteroatoms. The molecule has 1 aliphatic heterocycles. The number of rotatable bonds is 3. The number of nitrogens with zero attached hydrogens (tertiary/aromatic N) is 2. The Morgan fingerprint density at radius 1 is 1.09 bits per heavy atom. The molecule has 2 heterocycles. The van der Waals surface area contributed by atoms with Gasteiger partial charge >= 0.3 is 0 Å². The number of nitrogens with one attached hydrogen (secondary N) is 1. The van der Waals surface area contributed by atoms with E-state index in [1.807, 2.05) is 13.0 Å². The molecule has 23 heavy (non-hydrogen) atoms. The number of hydrogen-bond donors (Lipinski definition) is 1. The summed E-state index contributed by atoms with van der Waals surface area (Å²) in [5.74, 6) is -0.212. The van der Waals surface area contributed by atoms with Crippen LogP contribution in [0, 0.1) is 6.92 Å². The summed E-state index contributed by atoms with van der Waals surface area (Å²) < 4.78 is 0. The number of hydrogen-bond acceptors (Lipinski definition) is 4. The third-order valence-corrected chi connectivity index (χ3v) is 3.68. The van der Waals surface area contributed by atoms with Crippen molar-refractivity contribution in [3.63, 3.8) is 0 Å². The number of benzene rings is 1. The van der Waals surface area contributed by atoms with Crippen LogP contribution in [0.3, 0.4) is 0 Å². The Morgan fingerprint density at radius 2 is 1.74 bits per heavy atom. The number of pyridine rings is 1. The zero-order valence-electron chi connectivity index (χ0n) is 12.6. The Morgan fingerprint density at radius 3 is 2.35 bits per heavy atom. The number of amides is 3. The van der Waals surface area contributed by atoms with Crippen molar-refractivity contribution in [2.24, 2.45) is 0 Å². The summed E-state index contributed by atoms with van der Waals surface area (Å²) in [5, 5.41) is 2.74. The first-order valence-corrected chi connectivity index (χ1v) is 7.25.